The molecule has 0 bridgehead atoms. The van der Waals surface area contributed by atoms with Gasteiger partial charge in [-0.3, -0.25) is 0 Å². The lowest BCUT2D eigenvalue weighted by Gasteiger charge is -2.58. The third kappa shape index (κ3) is 1.73. The van der Waals surface area contributed by atoms with E-state index >= 15 is 0 Å². The Morgan fingerprint density at radius 3 is 2.24 bits per heavy atom. The van der Waals surface area contributed by atoms with E-state index in [1.54, 1.807) is 0 Å². The molecule has 0 spiro atoms. The first-order valence-corrected chi connectivity index (χ1v) is 9.39. The summed E-state index contributed by atoms with van der Waals surface area (Å²) in [6.45, 7) is 12.4. The second kappa shape index (κ2) is 4.08. The highest BCUT2D eigenvalue weighted by Gasteiger charge is 2.71. The molecular weight excluding hydrogens is 256 g/mol. The van der Waals surface area contributed by atoms with Crippen LogP contribution in [0.25, 0.3) is 0 Å². The van der Waals surface area contributed by atoms with Gasteiger partial charge in [0.2, 0.25) is 0 Å². The van der Waals surface area contributed by atoms with Gasteiger partial charge >= 0.3 is 0 Å². The predicted octanol–water partition coefficient (Wildman–Crippen LogP) is 4.88. The average Bonchev–Trinajstić information content (AvgIpc) is 2.95. The first kappa shape index (κ1) is 14.5. The SMILES string of the molecule is CC(C)[C@H]1CC[C@]2(C)CC[C@@]3(C)C[C@@H](O)[C@@]4(C)C[C@H]4[C@@H]3[C@H]12. The van der Waals surface area contributed by atoms with Crippen molar-refractivity contribution in [2.24, 2.45) is 45.8 Å². The van der Waals surface area contributed by atoms with Crippen LogP contribution in [0.3, 0.4) is 0 Å². The molecule has 0 aliphatic heterocycles. The van der Waals surface area contributed by atoms with E-state index in [1.807, 2.05) is 0 Å². The van der Waals surface area contributed by atoms with Gasteiger partial charge in [0.15, 0.2) is 0 Å². The Kier molecular flexibility index (Phi) is 2.82. The van der Waals surface area contributed by atoms with Crippen LogP contribution in [0.2, 0.25) is 0 Å². The van der Waals surface area contributed by atoms with Crippen molar-refractivity contribution < 1.29 is 5.11 Å². The molecule has 0 aromatic carbocycles. The molecule has 120 valence electrons. The van der Waals surface area contributed by atoms with Gasteiger partial charge in [-0.15, -0.1) is 0 Å². The van der Waals surface area contributed by atoms with Gasteiger partial charge in [0.1, 0.15) is 0 Å². The van der Waals surface area contributed by atoms with Crippen molar-refractivity contribution in [3.8, 4) is 0 Å². The fourth-order valence-electron chi connectivity index (χ4n) is 7.25. The number of aliphatic hydroxyl groups is 1. The lowest BCUT2D eigenvalue weighted by Crippen LogP contribution is -2.53. The van der Waals surface area contributed by atoms with Crippen LogP contribution in [0, 0.1) is 45.8 Å². The van der Waals surface area contributed by atoms with Gasteiger partial charge in [0.05, 0.1) is 6.10 Å². The molecule has 0 heterocycles. The van der Waals surface area contributed by atoms with Crippen molar-refractivity contribution in [3.05, 3.63) is 0 Å². The van der Waals surface area contributed by atoms with Crippen LogP contribution in [0.5, 0.6) is 0 Å². The van der Waals surface area contributed by atoms with Gasteiger partial charge in [-0.25, -0.2) is 0 Å². The van der Waals surface area contributed by atoms with Gasteiger partial charge < -0.3 is 5.11 Å². The first-order chi connectivity index (χ1) is 9.71. The average molecular weight is 290 g/mol. The molecule has 8 atom stereocenters. The molecular formula is C20H34O. The van der Waals surface area contributed by atoms with Gasteiger partial charge in [-0.2, -0.15) is 0 Å². The van der Waals surface area contributed by atoms with E-state index in [4.69, 9.17) is 0 Å². The maximum Gasteiger partial charge on any atom is 0.0601 e. The molecule has 4 fully saturated rings. The minimum Gasteiger partial charge on any atom is -0.393 e. The van der Waals surface area contributed by atoms with E-state index in [9.17, 15) is 5.11 Å². The van der Waals surface area contributed by atoms with Crippen molar-refractivity contribution in [1.29, 1.82) is 0 Å². The molecule has 1 N–H and O–H groups in total. The molecule has 0 saturated heterocycles. The van der Waals surface area contributed by atoms with Crippen molar-refractivity contribution in [2.75, 3.05) is 0 Å². The van der Waals surface area contributed by atoms with Crippen LogP contribution in [-0.4, -0.2) is 11.2 Å². The summed E-state index contributed by atoms with van der Waals surface area (Å²) in [4.78, 5) is 0. The quantitative estimate of drug-likeness (QED) is 0.729. The molecule has 4 rings (SSSR count). The number of hydrogen-bond acceptors (Lipinski definition) is 1. The summed E-state index contributed by atoms with van der Waals surface area (Å²) in [7, 11) is 0. The monoisotopic (exact) mass is 290 g/mol. The first-order valence-electron chi connectivity index (χ1n) is 9.39. The minimum atomic E-state index is -0.0352. The molecule has 4 aliphatic rings. The second-order valence-corrected chi connectivity index (χ2v) is 10.3. The van der Waals surface area contributed by atoms with E-state index in [2.05, 4.69) is 34.6 Å². The van der Waals surface area contributed by atoms with Crippen LogP contribution in [0.4, 0.5) is 0 Å². The fraction of sp³-hybridized carbons (Fsp3) is 1.00. The van der Waals surface area contributed by atoms with Crippen LogP contribution >= 0.6 is 0 Å². The molecule has 0 aromatic heterocycles. The van der Waals surface area contributed by atoms with Crippen molar-refractivity contribution >= 4 is 0 Å². The minimum absolute atomic E-state index is 0.0352. The van der Waals surface area contributed by atoms with Gasteiger partial charge in [-0.05, 0) is 84.4 Å². The molecule has 1 nitrogen and oxygen atoms in total. The van der Waals surface area contributed by atoms with E-state index in [0.29, 0.717) is 10.8 Å². The molecule has 4 aliphatic carbocycles. The molecule has 0 unspecified atom stereocenters. The van der Waals surface area contributed by atoms with Crippen LogP contribution in [0.15, 0.2) is 0 Å². The fourth-order valence-corrected chi connectivity index (χ4v) is 7.25. The molecule has 4 saturated carbocycles. The number of hydrogen-bond donors (Lipinski definition) is 1. The van der Waals surface area contributed by atoms with Gasteiger partial charge in [0, 0.05) is 0 Å². The van der Waals surface area contributed by atoms with Crippen LogP contribution < -0.4 is 0 Å². The Labute approximate surface area is 130 Å². The number of rotatable bonds is 1. The normalized spacial score (nSPS) is 62.1. The summed E-state index contributed by atoms with van der Waals surface area (Å²) >= 11 is 0. The topological polar surface area (TPSA) is 20.2 Å². The summed E-state index contributed by atoms with van der Waals surface area (Å²) in [6.07, 6.45) is 8.01. The summed E-state index contributed by atoms with van der Waals surface area (Å²) < 4.78 is 0. The zero-order valence-corrected chi connectivity index (χ0v) is 14.7. The number of fused-ring (bicyclic) bond motifs is 5. The summed E-state index contributed by atoms with van der Waals surface area (Å²) in [5.74, 6) is 4.39. The Balaban J connectivity index is 1.75. The molecule has 0 radical (unpaired) electrons. The molecule has 0 aromatic rings. The highest BCUT2D eigenvalue weighted by Crippen LogP contribution is 2.76. The zero-order chi connectivity index (χ0) is 15.2. The highest BCUT2D eigenvalue weighted by atomic mass is 16.3. The standard InChI is InChI=1S/C20H34O/c1-12(2)13-6-7-18(3)8-9-19(4)11-15(21)20(5)10-14(20)17(19)16(13)18/h12-17,21H,6-11H2,1-5H3/t13-,14+,15-,16+,17-,18-,19+,20+/m1/s1. The van der Waals surface area contributed by atoms with E-state index in [1.165, 1.54) is 32.1 Å². The Morgan fingerprint density at radius 1 is 0.905 bits per heavy atom. The van der Waals surface area contributed by atoms with Crippen molar-refractivity contribution in [1.82, 2.24) is 0 Å². The molecule has 1 heteroatoms. The van der Waals surface area contributed by atoms with E-state index in [0.717, 1.165) is 36.0 Å². The molecule has 0 amide bonds. The zero-order valence-electron chi connectivity index (χ0n) is 14.7. The molecule has 21 heavy (non-hydrogen) atoms. The lowest BCUT2D eigenvalue weighted by molar-refractivity contribution is -0.120. The van der Waals surface area contributed by atoms with Crippen molar-refractivity contribution in [3.63, 3.8) is 0 Å². The highest BCUT2D eigenvalue weighted by molar-refractivity contribution is 5.20. The summed E-state index contributed by atoms with van der Waals surface area (Å²) in [5.41, 5.74) is 1.29. The number of aliphatic hydroxyl groups excluding tert-OH is 1. The second-order valence-electron chi connectivity index (χ2n) is 10.3. The predicted molar refractivity (Wildman–Crippen MR) is 86.8 cm³/mol. The van der Waals surface area contributed by atoms with Crippen LogP contribution in [-0.2, 0) is 0 Å². The Morgan fingerprint density at radius 2 is 1.57 bits per heavy atom. The third-order valence-electron chi connectivity index (χ3n) is 8.83. The summed E-state index contributed by atoms with van der Waals surface area (Å²) in [6, 6.07) is 0. The van der Waals surface area contributed by atoms with E-state index < -0.39 is 0 Å². The van der Waals surface area contributed by atoms with Gasteiger partial charge in [-0.1, -0.05) is 34.6 Å². The van der Waals surface area contributed by atoms with Crippen molar-refractivity contribution in [2.45, 2.75) is 79.2 Å². The Bertz CT molecular complexity index is 457. The maximum absolute atomic E-state index is 10.7. The maximum atomic E-state index is 10.7. The third-order valence-corrected chi connectivity index (χ3v) is 8.83. The largest absolute Gasteiger partial charge is 0.393 e. The van der Waals surface area contributed by atoms with E-state index in [-0.39, 0.29) is 11.5 Å². The van der Waals surface area contributed by atoms with Gasteiger partial charge in [0.25, 0.3) is 0 Å². The Hall–Kier alpha value is -0.0400. The summed E-state index contributed by atoms with van der Waals surface area (Å²) in [5, 5.41) is 10.7. The lowest BCUT2D eigenvalue weighted by atomic mass is 9.47. The smallest absolute Gasteiger partial charge is 0.0601 e. The van der Waals surface area contributed by atoms with Crippen LogP contribution in [0.1, 0.15) is 73.1 Å².